The molecular weight excluding hydrogens is 208 g/mol. The van der Waals surface area contributed by atoms with E-state index in [0.29, 0.717) is 5.92 Å². The van der Waals surface area contributed by atoms with Gasteiger partial charge in [-0.1, -0.05) is 24.5 Å². The summed E-state index contributed by atoms with van der Waals surface area (Å²) in [6.07, 6.45) is 5.20. The van der Waals surface area contributed by atoms with Crippen molar-refractivity contribution in [1.29, 1.82) is 0 Å². The molecule has 1 fully saturated rings. The summed E-state index contributed by atoms with van der Waals surface area (Å²) in [5.41, 5.74) is 10.5. The van der Waals surface area contributed by atoms with Crippen molar-refractivity contribution in [2.24, 2.45) is 0 Å². The molecule has 0 atom stereocenters. The first-order chi connectivity index (χ1) is 8.24. The molecule has 0 saturated heterocycles. The number of nitrogens with zero attached hydrogens (tertiary/aromatic N) is 1. The van der Waals surface area contributed by atoms with Gasteiger partial charge in [0.15, 0.2) is 0 Å². The molecule has 0 bridgehead atoms. The van der Waals surface area contributed by atoms with Gasteiger partial charge >= 0.3 is 0 Å². The fourth-order valence-corrected chi connectivity index (χ4v) is 2.82. The van der Waals surface area contributed by atoms with Crippen LogP contribution in [0.5, 0.6) is 0 Å². The van der Waals surface area contributed by atoms with Gasteiger partial charge in [0.05, 0.1) is 5.52 Å². The van der Waals surface area contributed by atoms with Crippen molar-refractivity contribution < 1.29 is 0 Å². The first-order valence-corrected chi connectivity index (χ1v) is 6.41. The van der Waals surface area contributed by atoms with Crippen molar-refractivity contribution in [2.75, 3.05) is 5.73 Å². The lowest BCUT2D eigenvalue weighted by atomic mass is 10.0. The average Bonchev–Trinajstić information content (AvgIpc) is 2.83. The molecule has 1 aromatic heterocycles. The van der Waals surface area contributed by atoms with Crippen LogP contribution in [0.2, 0.25) is 0 Å². The highest BCUT2D eigenvalue weighted by Gasteiger charge is 2.19. The molecule has 88 valence electrons. The van der Waals surface area contributed by atoms with Gasteiger partial charge in [0, 0.05) is 22.7 Å². The van der Waals surface area contributed by atoms with Crippen LogP contribution in [0.1, 0.15) is 42.9 Å². The molecule has 2 heteroatoms. The minimum Gasteiger partial charge on any atom is -0.398 e. The highest BCUT2D eigenvalue weighted by molar-refractivity contribution is 5.90. The molecular formula is C15H18N2. The number of aromatic nitrogens is 1. The summed E-state index contributed by atoms with van der Waals surface area (Å²) in [6.45, 7) is 2.09. The van der Waals surface area contributed by atoms with Crippen molar-refractivity contribution in [3.8, 4) is 0 Å². The summed E-state index contributed by atoms with van der Waals surface area (Å²) in [6, 6.07) is 8.39. The molecule has 2 N–H and O–H groups in total. The van der Waals surface area contributed by atoms with E-state index in [1.165, 1.54) is 36.9 Å². The van der Waals surface area contributed by atoms with Gasteiger partial charge in [0.2, 0.25) is 0 Å². The van der Waals surface area contributed by atoms with Gasteiger partial charge in [0.25, 0.3) is 0 Å². The minimum absolute atomic E-state index is 0.628. The van der Waals surface area contributed by atoms with Crippen LogP contribution in [0.3, 0.4) is 0 Å². The number of pyridine rings is 1. The Hall–Kier alpha value is -1.57. The van der Waals surface area contributed by atoms with Gasteiger partial charge in [-0.25, -0.2) is 0 Å². The number of nitrogen functional groups attached to an aromatic ring is 1. The summed E-state index contributed by atoms with van der Waals surface area (Å²) in [5.74, 6) is 0.628. The lowest BCUT2D eigenvalue weighted by Crippen LogP contribution is -2.00. The van der Waals surface area contributed by atoms with Gasteiger partial charge in [-0.05, 0) is 38.0 Å². The summed E-state index contributed by atoms with van der Waals surface area (Å²) < 4.78 is 0. The maximum absolute atomic E-state index is 6.15. The van der Waals surface area contributed by atoms with E-state index in [1.54, 1.807) is 0 Å². The maximum atomic E-state index is 6.15. The molecule has 0 aliphatic heterocycles. The number of anilines is 1. The quantitative estimate of drug-likeness (QED) is 0.803. The first kappa shape index (κ1) is 10.6. The lowest BCUT2D eigenvalue weighted by Gasteiger charge is -2.11. The second-order valence-electron chi connectivity index (χ2n) is 5.14. The van der Waals surface area contributed by atoms with Crippen LogP contribution in [-0.2, 0) is 0 Å². The molecule has 1 heterocycles. The van der Waals surface area contributed by atoms with Crippen molar-refractivity contribution >= 4 is 16.6 Å². The number of aryl methyl sites for hydroxylation is 1. The lowest BCUT2D eigenvalue weighted by molar-refractivity contribution is 0.701. The zero-order valence-corrected chi connectivity index (χ0v) is 10.2. The topological polar surface area (TPSA) is 38.9 Å². The van der Waals surface area contributed by atoms with E-state index in [4.69, 9.17) is 10.7 Å². The molecule has 1 saturated carbocycles. The van der Waals surface area contributed by atoms with E-state index in [-0.39, 0.29) is 0 Å². The molecule has 1 aromatic carbocycles. The number of nitrogens with two attached hydrogens (primary N) is 1. The van der Waals surface area contributed by atoms with Crippen LogP contribution in [0, 0.1) is 6.92 Å². The Morgan fingerprint density at radius 1 is 1.18 bits per heavy atom. The Kier molecular flexibility index (Phi) is 2.50. The zero-order chi connectivity index (χ0) is 11.8. The first-order valence-electron chi connectivity index (χ1n) is 6.41. The average molecular weight is 226 g/mol. The van der Waals surface area contributed by atoms with E-state index in [1.807, 2.05) is 0 Å². The predicted octanol–water partition coefficient (Wildman–Crippen LogP) is 3.78. The largest absolute Gasteiger partial charge is 0.398 e. The monoisotopic (exact) mass is 226 g/mol. The third-order valence-corrected chi connectivity index (χ3v) is 3.79. The molecule has 0 radical (unpaired) electrons. The normalized spacial score (nSPS) is 16.8. The predicted molar refractivity (Wildman–Crippen MR) is 72.1 cm³/mol. The van der Waals surface area contributed by atoms with Gasteiger partial charge in [-0.3, -0.25) is 4.98 Å². The maximum Gasteiger partial charge on any atom is 0.0726 e. The van der Waals surface area contributed by atoms with Gasteiger partial charge in [-0.15, -0.1) is 0 Å². The molecule has 2 nitrogen and oxygen atoms in total. The molecule has 0 unspecified atom stereocenters. The SMILES string of the molecule is Cc1ccc2nc(C3CCCC3)cc(N)c2c1. The van der Waals surface area contributed by atoms with Crippen molar-refractivity contribution in [1.82, 2.24) is 4.98 Å². The Morgan fingerprint density at radius 2 is 1.94 bits per heavy atom. The van der Waals surface area contributed by atoms with E-state index < -0.39 is 0 Å². The molecule has 2 aromatic rings. The third-order valence-electron chi connectivity index (χ3n) is 3.79. The van der Waals surface area contributed by atoms with Crippen LogP contribution in [0.4, 0.5) is 5.69 Å². The van der Waals surface area contributed by atoms with Crippen LogP contribution in [0.15, 0.2) is 24.3 Å². The number of fused-ring (bicyclic) bond motifs is 1. The number of hydrogen-bond acceptors (Lipinski definition) is 2. The Balaban J connectivity index is 2.13. The highest BCUT2D eigenvalue weighted by atomic mass is 14.7. The van der Waals surface area contributed by atoms with Crippen molar-refractivity contribution in [3.63, 3.8) is 0 Å². The van der Waals surface area contributed by atoms with Crippen LogP contribution in [-0.4, -0.2) is 4.98 Å². The van der Waals surface area contributed by atoms with E-state index in [2.05, 4.69) is 31.2 Å². The van der Waals surface area contributed by atoms with Gasteiger partial charge < -0.3 is 5.73 Å². The second-order valence-corrected chi connectivity index (χ2v) is 5.14. The van der Waals surface area contributed by atoms with Crippen LogP contribution >= 0.6 is 0 Å². The van der Waals surface area contributed by atoms with E-state index >= 15 is 0 Å². The smallest absolute Gasteiger partial charge is 0.0726 e. The van der Waals surface area contributed by atoms with Crippen molar-refractivity contribution in [2.45, 2.75) is 38.5 Å². The summed E-state index contributed by atoms with van der Waals surface area (Å²) in [5, 5.41) is 1.09. The Labute approximate surface area is 102 Å². The summed E-state index contributed by atoms with van der Waals surface area (Å²) >= 11 is 0. The molecule has 3 rings (SSSR count). The fraction of sp³-hybridized carbons (Fsp3) is 0.400. The Morgan fingerprint density at radius 3 is 2.71 bits per heavy atom. The third kappa shape index (κ3) is 1.88. The van der Waals surface area contributed by atoms with E-state index in [0.717, 1.165) is 16.6 Å². The van der Waals surface area contributed by atoms with Gasteiger partial charge in [-0.2, -0.15) is 0 Å². The summed E-state index contributed by atoms with van der Waals surface area (Å²) in [7, 11) is 0. The van der Waals surface area contributed by atoms with Crippen LogP contribution < -0.4 is 5.73 Å². The number of benzene rings is 1. The van der Waals surface area contributed by atoms with Gasteiger partial charge in [0.1, 0.15) is 0 Å². The molecule has 0 amide bonds. The molecule has 1 aliphatic carbocycles. The molecule has 1 aliphatic rings. The fourth-order valence-electron chi connectivity index (χ4n) is 2.82. The Bertz CT molecular complexity index is 554. The minimum atomic E-state index is 0.628. The van der Waals surface area contributed by atoms with Crippen LogP contribution in [0.25, 0.3) is 10.9 Å². The number of rotatable bonds is 1. The zero-order valence-electron chi connectivity index (χ0n) is 10.2. The highest BCUT2D eigenvalue weighted by Crippen LogP contribution is 2.35. The summed E-state index contributed by atoms with van der Waals surface area (Å²) in [4.78, 5) is 4.78. The second kappa shape index (κ2) is 4.02. The standard InChI is InChI=1S/C15H18N2/c1-10-6-7-14-12(8-10)13(16)9-15(17-14)11-4-2-3-5-11/h6-9,11H,2-5H2,1H3,(H2,16,17). The molecule has 17 heavy (non-hydrogen) atoms. The van der Waals surface area contributed by atoms with Crippen molar-refractivity contribution in [3.05, 3.63) is 35.5 Å². The molecule has 0 spiro atoms. The number of hydrogen-bond donors (Lipinski definition) is 1. The van der Waals surface area contributed by atoms with E-state index in [9.17, 15) is 0 Å².